The van der Waals surface area contributed by atoms with Crippen molar-refractivity contribution in [3.8, 4) is 0 Å². The lowest BCUT2D eigenvalue weighted by Crippen LogP contribution is -2.33. The van der Waals surface area contributed by atoms with Crippen molar-refractivity contribution < 1.29 is 24.6 Å². The summed E-state index contributed by atoms with van der Waals surface area (Å²) in [5.74, 6) is -2.18. The van der Waals surface area contributed by atoms with Crippen LogP contribution in [0.3, 0.4) is 0 Å². The maximum absolute atomic E-state index is 9.83. The molecule has 0 bridgehead atoms. The SMILES string of the molecule is CC(O)C(O)P(=O)([O-])[O-]. The first-order valence-corrected chi connectivity index (χ1v) is 3.84. The Bertz CT molecular complexity index is 126. The third-order valence-corrected chi connectivity index (χ3v) is 1.83. The fourth-order valence-electron chi connectivity index (χ4n) is 0.264. The van der Waals surface area contributed by atoms with Crippen molar-refractivity contribution in [1.82, 2.24) is 0 Å². The second kappa shape index (κ2) is 2.77. The average molecular weight is 154 g/mol. The van der Waals surface area contributed by atoms with Crippen molar-refractivity contribution in [1.29, 1.82) is 0 Å². The molecule has 0 spiro atoms. The molecule has 2 unspecified atom stereocenters. The van der Waals surface area contributed by atoms with Gasteiger partial charge in [0, 0.05) is 0 Å². The van der Waals surface area contributed by atoms with Crippen LogP contribution in [-0.4, -0.2) is 22.2 Å². The van der Waals surface area contributed by atoms with E-state index in [-0.39, 0.29) is 0 Å². The summed E-state index contributed by atoms with van der Waals surface area (Å²) < 4.78 is 9.83. The van der Waals surface area contributed by atoms with Crippen molar-refractivity contribution in [3.63, 3.8) is 0 Å². The summed E-state index contributed by atoms with van der Waals surface area (Å²) in [6.07, 6.45) is -1.52. The molecule has 0 rings (SSSR count). The van der Waals surface area contributed by atoms with E-state index >= 15 is 0 Å². The minimum Gasteiger partial charge on any atom is -0.809 e. The molecule has 0 aliphatic heterocycles. The summed E-state index contributed by atoms with van der Waals surface area (Å²) in [7, 11) is -5.01. The van der Waals surface area contributed by atoms with E-state index in [1.54, 1.807) is 0 Å². The fraction of sp³-hybridized carbons (Fsp3) is 1.00. The van der Waals surface area contributed by atoms with Crippen molar-refractivity contribution in [2.45, 2.75) is 18.9 Å². The Morgan fingerprint density at radius 2 is 1.78 bits per heavy atom. The zero-order chi connectivity index (χ0) is 7.65. The van der Waals surface area contributed by atoms with Gasteiger partial charge in [-0.3, -0.25) is 0 Å². The van der Waals surface area contributed by atoms with E-state index in [0.717, 1.165) is 6.92 Å². The molecule has 0 amide bonds. The Morgan fingerprint density at radius 3 is 1.78 bits per heavy atom. The van der Waals surface area contributed by atoms with Gasteiger partial charge in [-0.05, 0) is 14.5 Å². The largest absolute Gasteiger partial charge is 0.809 e. The molecule has 0 aliphatic rings. The van der Waals surface area contributed by atoms with Crippen LogP contribution < -0.4 is 9.79 Å². The second-order valence-corrected chi connectivity index (χ2v) is 3.30. The summed E-state index contributed by atoms with van der Waals surface area (Å²) in [5, 5.41) is 16.7. The third-order valence-electron chi connectivity index (χ3n) is 0.755. The quantitative estimate of drug-likeness (QED) is 0.431. The molecular weight excluding hydrogens is 147 g/mol. The van der Waals surface area contributed by atoms with Crippen LogP contribution in [0.25, 0.3) is 0 Å². The van der Waals surface area contributed by atoms with Gasteiger partial charge in [-0.1, -0.05) is 0 Å². The van der Waals surface area contributed by atoms with E-state index in [2.05, 4.69) is 0 Å². The minimum atomic E-state index is -5.01. The molecule has 0 radical (unpaired) electrons. The molecule has 2 N–H and O–H groups in total. The molecule has 0 saturated carbocycles. The van der Waals surface area contributed by atoms with Crippen LogP contribution in [0.15, 0.2) is 0 Å². The van der Waals surface area contributed by atoms with E-state index in [1.807, 2.05) is 0 Å². The van der Waals surface area contributed by atoms with E-state index in [1.165, 1.54) is 0 Å². The maximum atomic E-state index is 9.83. The van der Waals surface area contributed by atoms with Gasteiger partial charge in [0.25, 0.3) is 0 Å². The molecule has 2 atom stereocenters. The Labute approximate surface area is 52.1 Å². The third kappa shape index (κ3) is 2.93. The molecular formula is C3H7O5P-2. The molecule has 0 heterocycles. The Hall–Kier alpha value is 0.0700. The number of hydrogen-bond acceptors (Lipinski definition) is 5. The predicted molar refractivity (Wildman–Crippen MR) is 25.3 cm³/mol. The molecule has 5 nitrogen and oxygen atoms in total. The lowest BCUT2D eigenvalue weighted by Gasteiger charge is -2.35. The Kier molecular flexibility index (Phi) is 2.79. The minimum absolute atomic E-state index is 1.02. The van der Waals surface area contributed by atoms with Gasteiger partial charge in [0.2, 0.25) is 0 Å². The van der Waals surface area contributed by atoms with Crippen LogP contribution in [0.4, 0.5) is 0 Å². The highest BCUT2D eigenvalue weighted by molar-refractivity contribution is 7.49. The summed E-state index contributed by atoms with van der Waals surface area (Å²) in [6.45, 7) is 1.02. The van der Waals surface area contributed by atoms with Gasteiger partial charge >= 0.3 is 0 Å². The molecule has 0 aromatic carbocycles. The first-order valence-electron chi connectivity index (χ1n) is 2.23. The number of aliphatic hydroxyl groups excluding tert-OH is 2. The van der Waals surface area contributed by atoms with Crippen LogP contribution >= 0.6 is 7.60 Å². The van der Waals surface area contributed by atoms with Crippen molar-refractivity contribution >= 4 is 7.60 Å². The summed E-state index contributed by atoms with van der Waals surface area (Å²) >= 11 is 0. The molecule has 0 aliphatic carbocycles. The standard InChI is InChI=1S/C3H9O5P/c1-2(4)3(5)9(6,7)8/h2-5H,1H3,(H2,6,7,8)/p-2. The topological polar surface area (TPSA) is 104 Å². The van der Waals surface area contributed by atoms with Crippen molar-refractivity contribution in [2.75, 3.05) is 0 Å². The normalized spacial score (nSPS) is 19.2. The monoisotopic (exact) mass is 154 g/mol. The molecule has 6 heteroatoms. The first-order chi connectivity index (χ1) is 3.85. The molecule has 0 aromatic heterocycles. The Balaban J connectivity index is 4.05. The van der Waals surface area contributed by atoms with E-state index in [4.69, 9.17) is 10.2 Å². The van der Waals surface area contributed by atoms with Gasteiger partial charge in [-0.15, -0.1) is 0 Å². The number of hydrogen-bond donors (Lipinski definition) is 2. The summed E-state index contributed by atoms with van der Waals surface area (Å²) in [5.41, 5.74) is 0. The second-order valence-electron chi connectivity index (χ2n) is 1.69. The van der Waals surface area contributed by atoms with Gasteiger partial charge in [-0.2, -0.15) is 0 Å². The predicted octanol–water partition coefficient (Wildman–Crippen LogP) is -2.40. The lowest BCUT2D eigenvalue weighted by atomic mass is 10.4. The maximum Gasteiger partial charge on any atom is 0.106 e. The van der Waals surface area contributed by atoms with Crippen LogP contribution in [0.5, 0.6) is 0 Å². The van der Waals surface area contributed by atoms with Crippen molar-refractivity contribution in [3.05, 3.63) is 0 Å². The first kappa shape index (κ1) is 9.07. The van der Waals surface area contributed by atoms with E-state index in [0.29, 0.717) is 0 Å². The molecule has 9 heavy (non-hydrogen) atoms. The number of aliphatic hydroxyl groups is 2. The van der Waals surface area contributed by atoms with Crippen LogP contribution in [0.1, 0.15) is 6.92 Å². The smallest absolute Gasteiger partial charge is 0.106 e. The summed E-state index contributed by atoms with van der Waals surface area (Å²) in [4.78, 5) is 19.7. The fourth-order valence-corrected chi connectivity index (χ4v) is 0.793. The molecule has 0 fully saturated rings. The van der Waals surface area contributed by atoms with Crippen molar-refractivity contribution in [2.24, 2.45) is 0 Å². The van der Waals surface area contributed by atoms with Gasteiger partial charge in [0.1, 0.15) is 5.85 Å². The van der Waals surface area contributed by atoms with Gasteiger partial charge < -0.3 is 24.6 Å². The lowest BCUT2D eigenvalue weighted by molar-refractivity contribution is -0.324. The highest BCUT2D eigenvalue weighted by Crippen LogP contribution is 2.30. The zero-order valence-corrected chi connectivity index (χ0v) is 5.62. The Morgan fingerprint density at radius 1 is 1.44 bits per heavy atom. The average Bonchev–Trinajstić information content (AvgIpc) is 1.62. The zero-order valence-electron chi connectivity index (χ0n) is 4.72. The van der Waals surface area contributed by atoms with Gasteiger partial charge in [0.15, 0.2) is 0 Å². The summed E-state index contributed by atoms with van der Waals surface area (Å²) in [6, 6.07) is 0. The number of rotatable bonds is 2. The molecule has 0 saturated heterocycles. The molecule has 0 aromatic rings. The van der Waals surface area contributed by atoms with Crippen LogP contribution in [0, 0.1) is 0 Å². The van der Waals surface area contributed by atoms with Gasteiger partial charge in [0.05, 0.1) is 6.10 Å². The highest BCUT2D eigenvalue weighted by atomic mass is 31.2. The van der Waals surface area contributed by atoms with Crippen LogP contribution in [0.2, 0.25) is 0 Å². The van der Waals surface area contributed by atoms with Gasteiger partial charge in [-0.25, -0.2) is 0 Å². The van der Waals surface area contributed by atoms with E-state index < -0.39 is 19.5 Å². The molecule has 56 valence electrons. The van der Waals surface area contributed by atoms with Crippen LogP contribution in [-0.2, 0) is 4.57 Å². The highest BCUT2D eigenvalue weighted by Gasteiger charge is 2.13. The van der Waals surface area contributed by atoms with E-state index in [9.17, 15) is 14.4 Å².